The average molecular weight is 313 g/mol. The Morgan fingerprint density at radius 2 is 1.74 bits per heavy atom. The molecule has 4 fully saturated rings. The molecule has 4 aliphatic rings. The number of carboxylic acid groups (broad SMARTS) is 1. The molecule has 2 saturated carbocycles. The Hall–Kier alpha value is -1.84. The van der Waals surface area contributed by atoms with E-state index in [1.54, 1.807) is 18.2 Å². The molecule has 2 saturated heterocycles. The minimum Gasteiger partial charge on any atom is -0.478 e. The number of nitrogens with zero attached hydrogens (tertiary/aromatic N) is 1. The molecule has 2 heterocycles. The van der Waals surface area contributed by atoms with Crippen LogP contribution in [0.25, 0.3) is 0 Å². The fourth-order valence-electron chi connectivity index (χ4n) is 5.18. The van der Waals surface area contributed by atoms with Crippen molar-refractivity contribution in [3.05, 3.63) is 35.4 Å². The Bertz CT molecular complexity index is 627. The van der Waals surface area contributed by atoms with Gasteiger partial charge in [-0.25, -0.2) is 4.79 Å². The van der Waals surface area contributed by atoms with Crippen molar-refractivity contribution in [3.8, 4) is 0 Å². The minimum atomic E-state index is -0.940. The summed E-state index contributed by atoms with van der Waals surface area (Å²) in [6.45, 7) is 0.912. The first-order chi connectivity index (χ1) is 11.1. The minimum absolute atomic E-state index is 0.172. The highest BCUT2D eigenvalue weighted by molar-refractivity contribution is 5.88. The number of hydrogen-bond donors (Lipinski definition) is 1. The number of carbonyl (C=O) groups is 2. The monoisotopic (exact) mass is 313 g/mol. The average Bonchev–Trinajstić information content (AvgIpc) is 2.71. The second kappa shape index (κ2) is 5.66. The molecular formula is C19H23NO3. The molecule has 0 spiro atoms. The second-order valence-electron chi connectivity index (χ2n) is 7.66. The van der Waals surface area contributed by atoms with Gasteiger partial charge in [0.05, 0.1) is 12.0 Å². The first-order valence-electron chi connectivity index (χ1n) is 8.70. The first kappa shape index (κ1) is 14.7. The highest BCUT2D eigenvalue weighted by atomic mass is 16.4. The molecule has 0 radical (unpaired) electrons. The maximum Gasteiger partial charge on any atom is 0.335 e. The molecule has 4 bridgehead atoms. The molecular weight excluding hydrogens is 290 g/mol. The fourth-order valence-corrected chi connectivity index (χ4v) is 5.18. The van der Waals surface area contributed by atoms with Gasteiger partial charge >= 0.3 is 5.97 Å². The third-order valence-electron chi connectivity index (χ3n) is 5.96. The van der Waals surface area contributed by atoms with Crippen molar-refractivity contribution in [1.82, 2.24) is 4.90 Å². The van der Waals surface area contributed by atoms with Gasteiger partial charge < -0.3 is 10.0 Å². The lowest BCUT2D eigenvalue weighted by molar-refractivity contribution is -0.133. The van der Waals surface area contributed by atoms with Gasteiger partial charge in [-0.2, -0.15) is 0 Å². The van der Waals surface area contributed by atoms with Crippen molar-refractivity contribution in [3.63, 3.8) is 0 Å². The SMILES string of the molecule is O=C(O)c1cccc(CC(=O)N2CC3CC4CC(C3)CC2C4)c1. The van der Waals surface area contributed by atoms with Crippen LogP contribution in [0.5, 0.6) is 0 Å². The van der Waals surface area contributed by atoms with Crippen molar-refractivity contribution >= 4 is 11.9 Å². The Balaban J connectivity index is 1.51. The summed E-state index contributed by atoms with van der Waals surface area (Å²) in [6.07, 6.45) is 6.63. The van der Waals surface area contributed by atoms with Gasteiger partial charge in [-0.1, -0.05) is 12.1 Å². The molecule has 1 N–H and O–H groups in total. The maximum atomic E-state index is 12.8. The molecule has 1 aromatic rings. The summed E-state index contributed by atoms with van der Waals surface area (Å²) in [5, 5.41) is 9.09. The van der Waals surface area contributed by atoms with Crippen LogP contribution >= 0.6 is 0 Å². The van der Waals surface area contributed by atoms with E-state index in [1.165, 1.54) is 32.1 Å². The summed E-state index contributed by atoms with van der Waals surface area (Å²) >= 11 is 0. The number of amides is 1. The topological polar surface area (TPSA) is 57.6 Å². The molecule has 122 valence electrons. The van der Waals surface area contributed by atoms with Crippen LogP contribution in [0.1, 0.15) is 48.0 Å². The van der Waals surface area contributed by atoms with Gasteiger partial charge in [0.1, 0.15) is 0 Å². The molecule has 2 unspecified atom stereocenters. The molecule has 4 heteroatoms. The van der Waals surface area contributed by atoms with E-state index in [2.05, 4.69) is 4.90 Å². The summed E-state index contributed by atoms with van der Waals surface area (Å²) in [4.78, 5) is 26.0. The highest BCUT2D eigenvalue weighted by Gasteiger charge is 2.43. The van der Waals surface area contributed by atoms with E-state index in [9.17, 15) is 9.59 Å². The Morgan fingerprint density at radius 3 is 2.43 bits per heavy atom. The van der Waals surface area contributed by atoms with Gasteiger partial charge in [0.2, 0.25) is 5.91 Å². The number of hydrogen-bond acceptors (Lipinski definition) is 2. The van der Waals surface area contributed by atoms with Crippen molar-refractivity contribution in [2.75, 3.05) is 6.54 Å². The van der Waals surface area contributed by atoms with E-state index >= 15 is 0 Å². The predicted octanol–water partition coefficient (Wildman–Crippen LogP) is 2.96. The van der Waals surface area contributed by atoms with Crippen LogP contribution in [-0.4, -0.2) is 34.5 Å². The Morgan fingerprint density at radius 1 is 1.04 bits per heavy atom. The third kappa shape index (κ3) is 2.87. The van der Waals surface area contributed by atoms with E-state index in [1.807, 2.05) is 6.07 Å². The molecule has 1 amide bonds. The third-order valence-corrected chi connectivity index (χ3v) is 5.96. The molecule has 2 aliphatic carbocycles. The number of carbonyl (C=O) groups excluding carboxylic acids is 1. The number of benzene rings is 1. The lowest BCUT2D eigenvalue weighted by Gasteiger charge is -2.39. The summed E-state index contributed by atoms with van der Waals surface area (Å²) in [7, 11) is 0. The van der Waals surface area contributed by atoms with Gasteiger partial charge in [-0.05, 0) is 67.6 Å². The molecule has 4 nitrogen and oxygen atoms in total. The van der Waals surface area contributed by atoms with Gasteiger partial charge in [0.25, 0.3) is 0 Å². The molecule has 5 rings (SSSR count). The zero-order chi connectivity index (χ0) is 16.0. The smallest absolute Gasteiger partial charge is 0.335 e. The van der Waals surface area contributed by atoms with Crippen LogP contribution in [0.2, 0.25) is 0 Å². The summed E-state index contributed by atoms with van der Waals surface area (Å²) < 4.78 is 0. The van der Waals surface area contributed by atoms with Gasteiger partial charge in [-0.3, -0.25) is 4.79 Å². The molecule has 23 heavy (non-hydrogen) atoms. The van der Waals surface area contributed by atoms with E-state index in [0.29, 0.717) is 18.4 Å². The number of aromatic carboxylic acids is 1. The highest BCUT2D eigenvalue weighted by Crippen LogP contribution is 2.47. The largest absolute Gasteiger partial charge is 0.478 e. The number of fused-ring (bicyclic) bond motifs is 1. The molecule has 2 atom stereocenters. The first-order valence-corrected chi connectivity index (χ1v) is 8.70. The predicted molar refractivity (Wildman–Crippen MR) is 86.2 cm³/mol. The van der Waals surface area contributed by atoms with Crippen molar-refractivity contribution in [1.29, 1.82) is 0 Å². The van der Waals surface area contributed by atoms with Crippen molar-refractivity contribution in [2.24, 2.45) is 17.8 Å². The van der Waals surface area contributed by atoms with Crippen LogP contribution in [0.15, 0.2) is 24.3 Å². The number of carboxylic acids is 1. The van der Waals surface area contributed by atoms with Crippen molar-refractivity contribution < 1.29 is 14.7 Å². The molecule has 2 aliphatic heterocycles. The van der Waals surface area contributed by atoms with E-state index in [-0.39, 0.29) is 11.5 Å². The summed E-state index contributed by atoms with van der Waals surface area (Å²) in [5.41, 5.74) is 1.06. The normalized spacial score (nSPS) is 31.9. The van der Waals surface area contributed by atoms with Crippen LogP contribution in [-0.2, 0) is 11.2 Å². The van der Waals surface area contributed by atoms with E-state index in [0.717, 1.165) is 23.9 Å². The van der Waals surface area contributed by atoms with Crippen LogP contribution in [0.3, 0.4) is 0 Å². The lowest BCUT2D eigenvalue weighted by atomic mass is 9.68. The standard InChI is InChI=1S/C19H23NO3/c21-18(10-12-2-1-3-16(7-12)19(22)23)20-11-15-5-13-4-14(6-15)9-17(20)8-13/h1-3,7,13-15,17H,4-6,8-11H2,(H,22,23). The van der Waals surface area contributed by atoms with Gasteiger partial charge in [0.15, 0.2) is 0 Å². The quantitative estimate of drug-likeness (QED) is 0.933. The fraction of sp³-hybridized carbons (Fsp3) is 0.579. The second-order valence-corrected chi connectivity index (χ2v) is 7.66. The summed E-state index contributed by atoms with van der Waals surface area (Å²) in [5.74, 6) is 1.56. The van der Waals surface area contributed by atoms with Gasteiger partial charge in [-0.15, -0.1) is 0 Å². The van der Waals surface area contributed by atoms with Crippen LogP contribution in [0.4, 0.5) is 0 Å². The maximum absolute atomic E-state index is 12.8. The zero-order valence-electron chi connectivity index (χ0n) is 13.3. The van der Waals surface area contributed by atoms with E-state index < -0.39 is 5.97 Å². The van der Waals surface area contributed by atoms with Crippen LogP contribution in [0, 0.1) is 17.8 Å². The van der Waals surface area contributed by atoms with Crippen LogP contribution < -0.4 is 0 Å². The molecule has 0 aromatic heterocycles. The Labute approximate surface area is 136 Å². The van der Waals surface area contributed by atoms with E-state index in [4.69, 9.17) is 5.11 Å². The van der Waals surface area contributed by atoms with Crippen molar-refractivity contribution in [2.45, 2.75) is 44.6 Å². The number of rotatable bonds is 3. The molecule has 1 aromatic carbocycles. The Kier molecular flexibility index (Phi) is 3.63. The van der Waals surface area contributed by atoms with Gasteiger partial charge in [0, 0.05) is 12.6 Å². The summed E-state index contributed by atoms with van der Waals surface area (Å²) in [6, 6.07) is 7.19. The zero-order valence-corrected chi connectivity index (χ0v) is 13.3. The lowest BCUT2D eigenvalue weighted by Crippen LogP contribution is -2.42.